The molecule has 1 amide bonds. The Kier molecular flexibility index (Phi) is 6.91. The fourth-order valence-corrected chi connectivity index (χ4v) is 5.05. The van der Waals surface area contributed by atoms with Crippen LogP contribution in [-0.2, 0) is 28.9 Å². The Hall–Kier alpha value is -2.13. The topological polar surface area (TPSA) is 93.2 Å². The van der Waals surface area contributed by atoms with Crippen molar-refractivity contribution in [1.82, 2.24) is 4.90 Å². The lowest BCUT2D eigenvalue weighted by atomic mass is 9.90. The van der Waals surface area contributed by atoms with E-state index in [-0.39, 0.29) is 22.8 Å². The van der Waals surface area contributed by atoms with Gasteiger partial charge in [-0.25, -0.2) is 13.2 Å². The Morgan fingerprint density at radius 1 is 1.19 bits per heavy atom. The largest absolute Gasteiger partial charge is 0.432 e. The third kappa shape index (κ3) is 5.43. The summed E-state index contributed by atoms with van der Waals surface area (Å²) in [5, 5.41) is 0. The molecule has 2 heterocycles. The summed E-state index contributed by atoms with van der Waals surface area (Å²) in [6.45, 7) is 11.1. The van der Waals surface area contributed by atoms with Gasteiger partial charge in [0.05, 0.1) is 10.8 Å². The van der Waals surface area contributed by atoms with Crippen LogP contribution in [0.15, 0.2) is 29.2 Å². The van der Waals surface area contributed by atoms with Crippen LogP contribution in [0.25, 0.3) is 0 Å². The van der Waals surface area contributed by atoms with Gasteiger partial charge >= 0.3 is 5.97 Å². The minimum atomic E-state index is -3.24. The van der Waals surface area contributed by atoms with Gasteiger partial charge in [0.15, 0.2) is 15.9 Å². The predicted molar refractivity (Wildman–Crippen MR) is 121 cm³/mol. The number of hydrogen-bond donors (Lipinski definition) is 0. The van der Waals surface area contributed by atoms with E-state index in [1.54, 1.807) is 38.1 Å². The summed E-state index contributed by atoms with van der Waals surface area (Å²) in [5.74, 6) is -1.97. The Bertz CT molecular complexity index is 957. The van der Waals surface area contributed by atoms with Crippen LogP contribution in [0.2, 0.25) is 0 Å². The maximum atomic E-state index is 13.5. The maximum absolute atomic E-state index is 13.5. The van der Waals surface area contributed by atoms with Crippen LogP contribution >= 0.6 is 0 Å². The molecule has 32 heavy (non-hydrogen) atoms. The molecule has 0 N–H and O–H groups in total. The molecule has 0 bridgehead atoms. The molecular weight excluding hydrogens is 432 g/mol. The molecule has 2 saturated heterocycles. The highest BCUT2D eigenvalue weighted by molar-refractivity contribution is 7.90. The highest BCUT2D eigenvalue weighted by Gasteiger charge is 2.49. The van der Waals surface area contributed by atoms with Crippen molar-refractivity contribution < 1.29 is 27.5 Å². The number of sulfone groups is 1. The number of hydrogen-bond acceptors (Lipinski definition) is 7. The van der Waals surface area contributed by atoms with Crippen molar-refractivity contribution in [2.75, 3.05) is 30.8 Å². The molecule has 0 radical (unpaired) electrons. The minimum absolute atomic E-state index is 0.0778. The van der Waals surface area contributed by atoms with Crippen molar-refractivity contribution in [1.29, 1.82) is 0 Å². The molecule has 1 unspecified atom stereocenters. The predicted octanol–water partition coefficient (Wildman–Crippen LogP) is 2.47. The molecule has 2 aliphatic rings. The van der Waals surface area contributed by atoms with Gasteiger partial charge in [-0.1, -0.05) is 13.8 Å². The second-order valence-corrected chi connectivity index (χ2v) is 11.7. The molecule has 0 saturated carbocycles. The zero-order valence-corrected chi connectivity index (χ0v) is 20.5. The Morgan fingerprint density at radius 2 is 1.81 bits per heavy atom. The first-order valence-electron chi connectivity index (χ1n) is 11.0. The van der Waals surface area contributed by atoms with Gasteiger partial charge in [-0.15, -0.1) is 0 Å². The zero-order valence-electron chi connectivity index (χ0n) is 19.7. The molecule has 0 spiro atoms. The van der Waals surface area contributed by atoms with Crippen molar-refractivity contribution in [3.63, 3.8) is 0 Å². The molecule has 1 aromatic rings. The molecule has 0 aromatic heterocycles. The summed E-state index contributed by atoms with van der Waals surface area (Å²) in [5.41, 5.74) is 0.916. The van der Waals surface area contributed by atoms with Crippen molar-refractivity contribution in [3.8, 4) is 0 Å². The van der Waals surface area contributed by atoms with E-state index in [4.69, 9.17) is 9.47 Å². The first-order chi connectivity index (χ1) is 14.8. The first kappa shape index (κ1) is 24.5. The molecule has 2 fully saturated rings. The van der Waals surface area contributed by atoms with Gasteiger partial charge in [-0.2, -0.15) is 0 Å². The molecule has 8 nitrogen and oxygen atoms in total. The normalized spacial score (nSPS) is 24.5. The summed E-state index contributed by atoms with van der Waals surface area (Å²) in [4.78, 5) is 30.2. The second kappa shape index (κ2) is 9.02. The number of carbonyl (C=O) groups is 2. The lowest BCUT2D eigenvalue weighted by molar-refractivity contribution is -0.163. The van der Waals surface area contributed by atoms with E-state index in [1.807, 2.05) is 25.7 Å². The van der Waals surface area contributed by atoms with Gasteiger partial charge in [-0.05, 0) is 43.5 Å². The van der Waals surface area contributed by atoms with Crippen molar-refractivity contribution in [3.05, 3.63) is 24.3 Å². The van der Waals surface area contributed by atoms with Gasteiger partial charge in [0, 0.05) is 51.5 Å². The van der Waals surface area contributed by atoms with Crippen LogP contribution in [-0.4, -0.2) is 69.0 Å². The number of amides is 1. The number of piperazine rings is 1. The summed E-state index contributed by atoms with van der Waals surface area (Å²) in [6, 6.07) is 6.73. The SMILES string of the molecule is CC(C)CC(C(=O)N1CCN(c2ccc(S(C)(=O)=O)cc2)C[C@H]1C)[C@@H]1OC(C)(C)OC1=O. The summed E-state index contributed by atoms with van der Waals surface area (Å²) < 4.78 is 34.5. The van der Waals surface area contributed by atoms with Crippen molar-refractivity contribution in [2.24, 2.45) is 11.8 Å². The molecular formula is C23H34N2O6S. The molecule has 2 aliphatic heterocycles. The Balaban J connectivity index is 1.73. The number of rotatable bonds is 6. The van der Waals surface area contributed by atoms with E-state index in [0.717, 1.165) is 5.69 Å². The average molecular weight is 467 g/mol. The minimum Gasteiger partial charge on any atom is -0.432 e. The van der Waals surface area contributed by atoms with Gasteiger partial charge in [0.25, 0.3) is 0 Å². The monoisotopic (exact) mass is 466 g/mol. The number of nitrogens with zero attached hydrogens (tertiary/aromatic N) is 2. The van der Waals surface area contributed by atoms with Crippen molar-refractivity contribution >= 4 is 27.4 Å². The highest BCUT2D eigenvalue weighted by atomic mass is 32.2. The Morgan fingerprint density at radius 3 is 2.28 bits per heavy atom. The smallest absolute Gasteiger partial charge is 0.338 e. The third-order valence-electron chi connectivity index (χ3n) is 5.94. The quantitative estimate of drug-likeness (QED) is 0.595. The second-order valence-electron chi connectivity index (χ2n) is 9.69. The zero-order chi connectivity index (χ0) is 23.8. The van der Waals surface area contributed by atoms with E-state index >= 15 is 0 Å². The van der Waals surface area contributed by atoms with E-state index in [1.165, 1.54) is 6.26 Å². The van der Waals surface area contributed by atoms with Crippen LogP contribution in [0, 0.1) is 11.8 Å². The molecule has 178 valence electrons. The molecule has 0 aliphatic carbocycles. The number of esters is 1. The number of ether oxygens (including phenoxy) is 2. The van der Waals surface area contributed by atoms with Gasteiger partial charge in [-0.3, -0.25) is 4.79 Å². The number of anilines is 1. The van der Waals surface area contributed by atoms with E-state index in [2.05, 4.69) is 4.90 Å². The first-order valence-corrected chi connectivity index (χ1v) is 12.9. The van der Waals surface area contributed by atoms with Crippen LogP contribution < -0.4 is 4.90 Å². The number of cyclic esters (lactones) is 1. The number of carbonyl (C=O) groups excluding carboxylic acids is 2. The van der Waals surface area contributed by atoms with E-state index < -0.39 is 33.6 Å². The highest BCUT2D eigenvalue weighted by Crippen LogP contribution is 2.33. The lowest BCUT2D eigenvalue weighted by Gasteiger charge is -2.42. The molecule has 3 rings (SSSR count). The summed E-state index contributed by atoms with van der Waals surface area (Å²) in [7, 11) is -3.24. The van der Waals surface area contributed by atoms with Gasteiger partial charge in [0.1, 0.15) is 0 Å². The van der Waals surface area contributed by atoms with Crippen LogP contribution in [0.3, 0.4) is 0 Å². The van der Waals surface area contributed by atoms with Crippen LogP contribution in [0.1, 0.15) is 41.0 Å². The Labute approximate surface area is 190 Å². The van der Waals surface area contributed by atoms with Gasteiger partial charge in [0.2, 0.25) is 11.7 Å². The fourth-order valence-electron chi connectivity index (χ4n) is 4.42. The number of benzene rings is 1. The van der Waals surface area contributed by atoms with E-state index in [9.17, 15) is 18.0 Å². The maximum Gasteiger partial charge on any atom is 0.338 e. The van der Waals surface area contributed by atoms with E-state index in [0.29, 0.717) is 26.1 Å². The van der Waals surface area contributed by atoms with Crippen LogP contribution in [0.4, 0.5) is 5.69 Å². The van der Waals surface area contributed by atoms with Gasteiger partial charge < -0.3 is 19.3 Å². The molecule has 1 aromatic carbocycles. The van der Waals surface area contributed by atoms with Crippen molar-refractivity contribution in [2.45, 2.75) is 63.9 Å². The third-order valence-corrected chi connectivity index (χ3v) is 7.07. The molecule has 9 heteroatoms. The fraction of sp³-hybridized carbons (Fsp3) is 0.652. The molecule has 3 atom stereocenters. The lowest BCUT2D eigenvalue weighted by Crippen LogP contribution is -2.57. The summed E-state index contributed by atoms with van der Waals surface area (Å²) in [6.07, 6.45) is 0.829. The van der Waals surface area contributed by atoms with Crippen LogP contribution in [0.5, 0.6) is 0 Å². The average Bonchev–Trinajstić information content (AvgIpc) is 2.97. The standard InChI is InChI=1S/C23H34N2O6S/c1-15(2)13-19(20-22(27)31-23(4,5)30-20)21(26)25-12-11-24(14-16(25)3)17-7-9-18(10-8-17)32(6,28)29/h7-10,15-16,19-20H,11-14H2,1-6H3/t16-,19?,20+/m1/s1. The summed E-state index contributed by atoms with van der Waals surface area (Å²) >= 11 is 0.